The minimum Gasteiger partial charge on any atom is -0.441 e. The average molecular weight is 270 g/mol. The second-order valence-electron chi connectivity index (χ2n) is 4.62. The number of rotatable bonds is 4. The molecule has 0 bridgehead atoms. The minimum absolute atomic E-state index is 0.218. The molecular formula is C16H15FN2O. The molecule has 0 aliphatic heterocycles. The molecule has 0 radical (unpaired) electrons. The summed E-state index contributed by atoms with van der Waals surface area (Å²) < 4.78 is 18.4. The predicted octanol–water partition coefficient (Wildman–Crippen LogP) is 4.14. The number of anilines is 1. The molecule has 1 N–H and O–H groups in total. The fraction of sp³-hybridized carbons (Fsp3) is 0.188. The average Bonchev–Trinajstić information content (AvgIpc) is 2.89. The van der Waals surface area contributed by atoms with Crippen LogP contribution in [0.2, 0.25) is 0 Å². The summed E-state index contributed by atoms with van der Waals surface area (Å²) in [5, 5.41) is 3.30. The van der Waals surface area contributed by atoms with E-state index in [1.165, 1.54) is 12.1 Å². The van der Waals surface area contributed by atoms with Crippen molar-refractivity contribution in [2.75, 3.05) is 5.32 Å². The lowest BCUT2D eigenvalue weighted by molar-refractivity contribution is 0.538. The van der Waals surface area contributed by atoms with Gasteiger partial charge in [0.15, 0.2) is 11.5 Å². The quantitative estimate of drug-likeness (QED) is 0.774. The Labute approximate surface area is 116 Å². The van der Waals surface area contributed by atoms with Gasteiger partial charge in [-0.2, -0.15) is 0 Å². The zero-order valence-corrected chi connectivity index (χ0v) is 11.2. The molecule has 0 saturated carbocycles. The van der Waals surface area contributed by atoms with Gasteiger partial charge in [-0.15, -0.1) is 0 Å². The molecule has 0 fully saturated rings. The summed E-state index contributed by atoms with van der Waals surface area (Å²) in [4.78, 5) is 4.40. The van der Waals surface area contributed by atoms with Crippen LogP contribution >= 0.6 is 0 Å². The number of aryl methyl sites for hydroxylation is 1. The van der Waals surface area contributed by atoms with E-state index >= 15 is 0 Å². The molecule has 3 rings (SSSR count). The molecule has 20 heavy (non-hydrogen) atoms. The van der Waals surface area contributed by atoms with Crippen LogP contribution in [0.25, 0.3) is 11.1 Å². The van der Waals surface area contributed by atoms with E-state index in [4.69, 9.17) is 4.42 Å². The van der Waals surface area contributed by atoms with Gasteiger partial charge in [0.2, 0.25) is 0 Å². The number of fused-ring (bicyclic) bond motifs is 1. The van der Waals surface area contributed by atoms with Crippen LogP contribution in [0.5, 0.6) is 0 Å². The minimum atomic E-state index is -0.218. The molecular weight excluding hydrogens is 255 g/mol. The van der Waals surface area contributed by atoms with Crippen molar-refractivity contribution in [1.82, 2.24) is 4.98 Å². The fourth-order valence-corrected chi connectivity index (χ4v) is 2.04. The third-order valence-electron chi connectivity index (χ3n) is 3.14. The number of hydrogen-bond donors (Lipinski definition) is 1. The summed E-state index contributed by atoms with van der Waals surface area (Å²) in [6.07, 6.45) is 0.785. The van der Waals surface area contributed by atoms with Crippen molar-refractivity contribution in [2.45, 2.75) is 19.9 Å². The van der Waals surface area contributed by atoms with Crippen molar-refractivity contribution in [2.24, 2.45) is 0 Å². The van der Waals surface area contributed by atoms with Crippen LogP contribution < -0.4 is 5.32 Å². The van der Waals surface area contributed by atoms with E-state index in [-0.39, 0.29) is 5.82 Å². The Morgan fingerprint density at radius 2 is 1.95 bits per heavy atom. The highest BCUT2D eigenvalue weighted by molar-refractivity contribution is 5.77. The van der Waals surface area contributed by atoms with E-state index in [9.17, 15) is 4.39 Å². The number of hydrogen-bond acceptors (Lipinski definition) is 3. The SMILES string of the molecule is CCc1nc2cc(NCc3ccc(F)cc3)ccc2o1. The molecule has 1 heterocycles. The summed E-state index contributed by atoms with van der Waals surface area (Å²) in [6.45, 7) is 2.66. The van der Waals surface area contributed by atoms with Gasteiger partial charge in [0.05, 0.1) is 0 Å². The largest absolute Gasteiger partial charge is 0.441 e. The molecule has 3 aromatic rings. The molecule has 0 unspecified atom stereocenters. The number of oxazole rings is 1. The highest BCUT2D eigenvalue weighted by atomic mass is 19.1. The monoisotopic (exact) mass is 270 g/mol. The lowest BCUT2D eigenvalue weighted by Crippen LogP contribution is -1.99. The highest BCUT2D eigenvalue weighted by Crippen LogP contribution is 2.20. The molecule has 0 spiro atoms. The Morgan fingerprint density at radius 3 is 2.70 bits per heavy atom. The first-order valence-corrected chi connectivity index (χ1v) is 6.62. The first-order chi connectivity index (χ1) is 9.74. The van der Waals surface area contributed by atoms with Crippen LogP contribution in [-0.4, -0.2) is 4.98 Å². The molecule has 102 valence electrons. The number of benzene rings is 2. The maximum absolute atomic E-state index is 12.8. The van der Waals surface area contributed by atoms with Crippen LogP contribution in [0.3, 0.4) is 0 Å². The Balaban J connectivity index is 1.75. The van der Waals surface area contributed by atoms with Crippen LogP contribution in [-0.2, 0) is 13.0 Å². The van der Waals surface area contributed by atoms with Crippen molar-refractivity contribution < 1.29 is 8.81 Å². The van der Waals surface area contributed by atoms with Gasteiger partial charge in [0.25, 0.3) is 0 Å². The van der Waals surface area contributed by atoms with Gasteiger partial charge in [-0.05, 0) is 35.9 Å². The summed E-state index contributed by atoms with van der Waals surface area (Å²) >= 11 is 0. The number of halogens is 1. The van der Waals surface area contributed by atoms with Crippen molar-refractivity contribution in [1.29, 1.82) is 0 Å². The molecule has 0 amide bonds. The maximum Gasteiger partial charge on any atom is 0.195 e. The second-order valence-corrected chi connectivity index (χ2v) is 4.62. The summed E-state index contributed by atoms with van der Waals surface area (Å²) in [5.74, 6) is 0.528. The second kappa shape index (κ2) is 5.33. The van der Waals surface area contributed by atoms with Gasteiger partial charge in [0.1, 0.15) is 11.3 Å². The highest BCUT2D eigenvalue weighted by Gasteiger charge is 2.04. The van der Waals surface area contributed by atoms with E-state index in [2.05, 4.69) is 10.3 Å². The third-order valence-corrected chi connectivity index (χ3v) is 3.14. The van der Waals surface area contributed by atoms with Crippen LogP contribution in [0, 0.1) is 5.82 Å². The van der Waals surface area contributed by atoms with E-state index in [0.717, 1.165) is 34.7 Å². The Kier molecular flexibility index (Phi) is 3.37. The van der Waals surface area contributed by atoms with Crippen molar-refractivity contribution in [3.05, 3.63) is 59.7 Å². The van der Waals surface area contributed by atoms with E-state index < -0.39 is 0 Å². The summed E-state index contributed by atoms with van der Waals surface area (Å²) in [6, 6.07) is 12.3. The van der Waals surface area contributed by atoms with Gasteiger partial charge in [-0.3, -0.25) is 0 Å². The fourth-order valence-electron chi connectivity index (χ4n) is 2.04. The van der Waals surface area contributed by atoms with Crippen molar-refractivity contribution >= 4 is 16.8 Å². The first kappa shape index (κ1) is 12.7. The van der Waals surface area contributed by atoms with Gasteiger partial charge in [0, 0.05) is 18.7 Å². The van der Waals surface area contributed by atoms with Crippen LogP contribution in [0.4, 0.5) is 10.1 Å². The molecule has 0 aliphatic rings. The van der Waals surface area contributed by atoms with Gasteiger partial charge >= 0.3 is 0 Å². The molecule has 4 heteroatoms. The van der Waals surface area contributed by atoms with Crippen molar-refractivity contribution in [3.8, 4) is 0 Å². The Hall–Kier alpha value is -2.36. The summed E-state index contributed by atoms with van der Waals surface area (Å²) in [5.41, 5.74) is 3.65. The number of nitrogens with zero attached hydrogens (tertiary/aromatic N) is 1. The molecule has 2 aromatic carbocycles. The third kappa shape index (κ3) is 2.64. The van der Waals surface area contributed by atoms with Crippen LogP contribution in [0.1, 0.15) is 18.4 Å². The molecule has 0 saturated heterocycles. The lowest BCUT2D eigenvalue weighted by atomic mass is 10.2. The number of nitrogens with one attached hydrogen (secondary N) is 1. The molecule has 1 aromatic heterocycles. The molecule has 3 nitrogen and oxygen atoms in total. The lowest BCUT2D eigenvalue weighted by Gasteiger charge is -2.06. The smallest absolute Gasteiger partial charge is 0.195 e. The predicted molar refractivity (Wildman–Crippen MR) is 77.1 cm³/mol. The molecule has 0 atom stereocenters. The number of aromatic nitrogens is 1. The van der Waals surface area contributed by atoms with Crippen molar-refractivity contribution in [3.63, 3.8) is 0 Å². The van der Waals surface area contributed by atoms with E-state index in [1.807, 2.05) is 25.1 Å². The standard InChI is InChI=1S/C16H15FN2O/c1-2-16-19-14-9-13(7-8-15(14)20-16)18-10-11-3-5-12(17)6-4-11/h3-9,18H,2,10H2,1H3. The zero-order chi connectivity index (χ0) is 13.9. The first-order valence-electron chi connectivity index (χ1n) is 6.62. The van der Waals surface area contributed by atoms with Gasteiger partial charge in [-0.1, -0.05) is 19.1 Å². The van der Waals surface area contributed by atoms with Gasteiger partial charge in [-0.25, -0.2) is 9.37 Å². The van der Waals surface area contributed by atoms with Crippen LogP contribution in [0.15, 0.2) is 46.9 Å². The normalized spacial score (nSPS) is 10.9. The Bertz CT molecular complexity index is 719. The topological polar surface area (TPSA) is 38.1 Å². The Morgan fingerprint density at radius 1 is 1.15 bits per heavy atom. The summed E-state index contributed by atoms with van der Waals surface area (Å²) in [7, 11) is 0. The van der Waals surface area contributed by atoms with E-state index in [0.29, 0.717) is 6.54 Å². The zero-order valence-electron chi connectivity index (χ0n) is 11.2. The molecule has 0 aliphatic carbocycles. The van der Waals surface area contributed by atoms with Gasteiger partial charge < -0.3 is 9.73 Å². The van der Waals surface area contributed by atoms with E-state index in [1.54, 1.807) is 12.1 Å². The maximum atomic E-state index is 12.8.